The van der Waals surface area contributed by atoms with Crippen LogP contribution in [0.3, 0.4) is 0 Å². The lowest BCUT2D eigenvalue weighted by molar-refractivity contribution is -0.137. The Balaban J connectivity index is 2.43. The Morgan fingerprint density at radius 3 is 2.67 bits per heavy atom. The predicted octanol–water partition coefficient (Wildman–Crippen LogP) is 3.22. The quantitative estimate of drug-likeness (QED) is 0.789. The van der Waals surface area contributed by atoms with Gasteiger partial charge >= 0.3 is 6.18 Å². The lowest BCUT2D eigenvalue weighted by Crippen LogP contribution is -2.42. The molecule has 2 atom stereocenters. The van der Waals surface area contributed by atoms with Crippen LogP contribution in [-0.2, 0) is 6.18 Å². The van der Waals surface area contributed by atoms with Gasteiger partial charge in [-0.3, -0.25) is 0 Å². The molecule has 0 bridgehead atoms. The van der Waals surface area contributed by atoms with Crippen molar-refractivity contribution in [2.45, 2.75) is 31.2 Å². The molecular formula is C12H13F4NO. The fourth-order valence-electron chi connectivity index (χ4n) is 2.07. The van der Waals surface area contributed by atoms with E-state index in [1.807, 2.05) is 0 Å². The standard InChI is InChI=1S/C12H13F4NO/c1-11(6-13)5-9(17)8-3-2-7(12(14,15)16)4-10(8)18-11/h2-4,9H,5-6,17H2,1H3/t9-,11+/m1/s1. The van der Waals surface area contributed by atoms with Gasteiger partial charge in [0, 0.05) is 18.0 Å². The van der Waals surface area contributed by atoms with E-state index in [4.69, 9.17) is 10.5 Å². The first-order valence-corrected chi connectivity index (χ1v) is 5.47. The van der Waals surface area contributed by atoms with Crippen LogP contribution in [0.25, 0.3) is 0 Å². The summed E-state index contributed by atoms with van der Waals surface area (Å²) in [4.78, 5) is 0. The summed E-state index contributed by atoms with van der Waals surface area (Å²) in [6, 6.07) is 2.61. The predicted molar refractivity (Wildman–Crippen MR) is 58.0 cm³/mol. The van der Waals surface area contributed by atoms with Gasteiger partial charge in [-0.15, -0.1) is 0 Å². The molecule has 1 heterocycles. The molecule has 1 aromatic carbocycles. The van der Waals surface area contributed by atoms with E-state index in [0.29, 0.717) is 5.56 Å². The van der Waals surface area contributed by atoms with E-state index in [2.05, 4.69) is 0 Å². The molecule has 100 valence electrons. The second kappa shape index (κ2) is 4.12. The summed E-state index contributed by atoms with van der Waals surface area (Å²) in [6.45, 7) is 0.701. The minimum absolute atomic E-state index is 0.0173. The molecule has 2 nitrogen and oxygen atoms in total. The van der Waals surface area contributed by atoms with Gasteiger partial charge < -0.3 is 10.5 Å². The molecule has 18 heavy (non-hydrogen) atoms. The van der Waals surface area contributed by atoms with Crippen molar-refractivity contribution in [3.8, 4) is 5.75 Å². The Bertz CT molecular complexity index is 460. The number of rotatable bonds is 1. The third-order valence-corrected chi connectivity index (χ3v) is 3.03. The van der Waals surface area contributed by atoms with Crippen LogP contribution in [0.5, 0.6) is 5.75 Å². The maximum absolute atomic E-state index is 12.9. The molecule has 0 saturated carbocycles. The van der Waals surface area contributed by atoms with Crippen molar-refractivity contribution in [3.63, 3.8) is 0 Å². The van der Waals surface area contributed by atoms with E-state index < -0.39 is 30.1 Å². The van der Waals surface area contributed by atoms with E-state index in [0.717, 1.165) is 12.1 Å². The van der Waals surface area contributed by atoms with Gasteiger partial charge in [-0.25, -0.2) is 4.39 Å². The van der Waals surface area contributed by atoms with E-state index in [9.17, 15) is 17.6 Å². The molecule has 1 aliphatic heterocycles. The van der Waals surface area contributed by atoms with Crippen molar-refractivity contribution < 1.29 is 22.3 Å². The number of nitrogens with two attached hydrogens (primary N) is 1. The van der Waals surface area contributed by atoms with Crippen LogP contribution in [0.15, 0.2) is 18.2 Å². The number of alkyl halides is 4. The lowest BCUT2D eigenvalue weighted by atomic mass is 9.89. The molecule has 0 fully saturated rings. The van der Waals surface area contributed by atoms with Gasteiger partial charge in [0.1, 0.15) is 18.0 Å². The SMILES string of the molecule is C[C@@]1(CF)C[C@@H](N)c2ccc(C(F)(F)F)cc2O1. The van der Waals surface area contributed by atoms with Gasteiger partial charge in [0.05, 0.1) is 5.56 Å². The first-order valence-electron chi connectivity index (χ1n) is 5.47. The maximum Gasteiger partial charge on any atom is 0.416 e. The van der Waals surface area contributed by atoms with Gasteiger partial charge in [0.15, 0.2) is 0 Å². The molecule has 0 radical (unpaired) electrons. The summed E-state index contributed by atoms with van der Waals surface area (Å²) in [5.74, 6) is 0.0173. The van der Waals surface area contributed by atoms with Crippen molar-refractivity contribution in [1.82, 2.24) is 0 Å². The number of hydrogen-bond donors (Lipinski definition) is 1. The van der Waals surface area contributed by atoms with Gasteiger partial charge in [0.25, 0.3) is 0 Å². The maximum atomic E-state index is 12.9. The summed E-state index contributed by atoms with van der Waals surface area (Å²) in [7, 11) is 0. The van der Waals surface area contributed by atoms with Gasteiger partial charge in [-0.1, -0.05) is 6.07 Å². The van der Waals surface area contributed by atoms with Crippen molar-refractivity contribution in [3.05, 3.63) is 29.3 Å². The molecule has 0 amide bonds. The zero-order valence-electron chi connectivity index (χ0n) is 9.72. The topological polar surface area (TPSA) is 35.2 Å². The zero-order valence-corrected chi connectivity index (χ0v) is 9.72. The number of ether oxygens (including phenoxy) is 1. The van der Waals surface area contributed by atoms with Gasteiger partial charge in [-0.05, 0) is 19.1 Å². The smallest absolute Gasteiger partial charge is 0.416 e. The molecule has 0 saturated heterocycles. The Kier molecular flexibility index (Phi) is 3.01. The molecule has 6 heteroatoms. The summed E-state index contributed by atoms with van der Waals surface area (Å²) < 4.78 is 55.9. The fourth-order valence-corrected chi connectivity index (χ4v) is 2.07. The van der Waals surface area contributed by atoms with Crippen LogP contribution in [0.4, 0.5) is 17.6 Å². The minimum atomic E-state index is -4.45. The van der Waals surface area contributed by atoms with Crippen LogP contribution < -0.4 is 10.5 Å². The van der Waals surface area contributed by atoms with E-state index >= 15 is 0 Å². The first kappa shape index (κ1) is 13.1. The molecule has 0 aliphatic carbocycles. The Hall–Kier alpha value is -1.30. The summed E-state index contributed by atoms with van der Waals surface area (Å²) in [6.07, 6.45) is -4.21. The molecule has 2 rings (SSSR count). The molecular weight excluding hydrogens is 250 g/mol. The highest BCUT2D eigenvalue weighted by molar-refractivity contribution is 5.42. The highest BCUT2D eigenvalue weighted by Gasteiger charge is 2.38. The van der Waals surface area contributed by atoms with Crippen molar-refractivity contribution in [2.75, 3.05) is 6.67 Å². The summed E-state index contributed by atoms with van der Waals surface area (Å²) in [5, 5.41) is 0. The average molecular weight is 263 g/mol. The van der Waals surface area contributed by atoms with E-state index in [1.54, 1.807) is 0 Å². The van der Waals surface area contributed by atoms with E-state index in [1.165, 1.54) is 13.0 Å². The molecule has 2 N–H and O–H groups in total. The molecule has 1 aliphatic rings. The second-order valence-corrected chi connectivity index (χ2v) is 4.75. The van der Waals surface area contributed by atoms with Gasteiger partial charge in [-0.2, -0.15) is 13.2 Å². The van der Waals surface area contributed by atoms with Crippen LogP contribution in [-0.4, -0.2) is 12.3 Å². The molecule has 0 unspecified atom stereocenters. The number of hydrogen-bond acceptors (Lipinski definition) is 2. The van der Waals surface area contributed by atoms with Crippen LogP contribution >= 0.6 is 0 Å². The van der Waals surface area contributed by atoms with Crippen molar-refractivity contribution in [2.24, 2.45) is 5.73 Å². The van der Waals surface area contributed by atoms with Crippen LogP contribution in [0, 0.1) is 0 Å². The normalized spacial score (nSPS) is 27.6. The molecule has 1 aromatic rings. The highest BCUT2D eigenvalue weighted by atomic mass is 19.4. The van der Waals surface area contributed by atoms with Crippen molar-refractivity contribution in [1.29, 1.82) is 0 Å². The lowest BCUT2D eigenvalue weighted by Gasteiger charge is -2.37. The first-order chi connectivity index (χ1) is 8.25. The Labute approximate surface area is 102 Å². The number of halogens is 4. The minimum Gasteiger partial charge on any atom is -0.484 e. The number of benzene rings is 1. The van der Waals surface area contributed by atoms with Crippen molar-refractivity contribution >= 4 is 0 Å². The summed E-state index contributed by atoms with van der Waals surface area (Å²) >= 11 is 0. The Morgan fingerprint density at radius 1 is 1.44 bits per heavy atom. The summed E-state index contributed by atoms with van der Waals surface area (Å²) in [5.41, 5.74) is 4.33. The average Bonchev–Trinajstić information content (AvgIpc) is 2.27. The highest BCUT2D eigenvalue weighted by Crippen LogP contribution is 2.41. The zero-order chi connectivity index (χ0) is 13.6. The number of fused-ring (bicyclic) bond motifs is 1. The molecule has 0 spiro atoms. The Morgan fingerprint density at radius 2 is 2.11 bits per heavy atom. The van der Waals surface area contributed by atoms with E-state index in [-0.39, 0.29) is 12.2 Å². The monoisotopic (exact) mass is 263 g/mol. The third kappa shape index (κ3) is 2.29. The third-order valence-electron chi connectivity index (χ3n) is 3.03. The van der Waals surface area contributed by atoms with Crippen LogP contribution in [0.1, 0.15) is 30.5 Å². The largest absolute Gasteiger partial charge is 0.484 e. The molecule has 0 aromatic heterocycles. The fraction of sp³-hybridized carbons (Fsp3) is 0.500. The van der Waals surface area contributed by atoms with Crippen LogP contribution in [0.2, 0.25) is 0 Å². The van der Waals surface area contributed by atoms with Gasteiger partial charge in [0.2, 0.25) is 0 Å². The second-order valence-electron chi connectivity index (χ2n) is 4.75.